The summed E-state index contributed by atoms with van der Waals surface area (Å²) >= 11 is 0. The molecule has 0 spiro atoms. The number of carbonyl (C=O) groups excluding carboxylic acids is 1. The molecule has 4 heterocycles. The number of nitrogens with one attached hydrogen (secondary N) is 1. The number of nitrogen functional groups attached to an aromatic ring is 1. The number of anilines is 2. The number of fused-ring (bicyclic) bond motifs is 2. The summed E-state index contributed by atoms with van der Waals surface area (Å²) in [6.07, 6.45) is 3.10. The number of aromatic nitrogens is 5. The zero-order chi connectivity index (χ0) is 27.2. The molecule has 0 radical (unpaired) electrons. The predicted molar refractivity (Wildman–Crippen MR) is 145 cm³/mol. The van der Waals surface area contributed by atoms with E-state index in [1.807, 2.05) is 41.1 Å². The van der Waals surface area contributed by atoms with Crippen molar-refractivity contribution in [1.29, 1.82) is 0 Å². The molecule has 1 amide bonds. The quantitative estimate of drug-likeness (QED) is 0.333. The van der Waals surface area contributed by atoms with E-state index in [1.54, 1.807) is 13.1 Å². The second-order valence-electron chi connectivity index (χ2n) is 11.1. The van der Waals surface area contributed by atoms with Crippen LogP contribution in [0.15, 0.2) is 42.6 Å². The number of hydrogen-bond acceptors (Lipinski definition) is 7. The third-order valence-electron chi connectivity index (χ3n) is 7.07. The number of nitrogens with zero attached hydrogens (tertiary/aromatic N) is 5. The summed E-state index contributed by atoms with van der Waals surface area (Å²) in [5, 5.41) is 17.5. The molecular formula is C28H31N7O3. The molecule has 0 saturated carbocycles. The molecule has 1 aromatic carbocycles. The van der Waals surface area contributed by atoms with Crippen molar-refractivity contribution in [3.05, 3.63) is 59.3 Å². The lowest BCUT2D eigenvalue weighted by molar-refractivity contribution is -0.137. The molecule has 1 aliphatic rings. The highest BCUT2D eigenvalue weighted by Gasteiger charge is 2.47. The smallest absolute Gasteiger partial charge is 0.303 e. The van der Waals surface area contributed by atoms with E-state index in [4.69, 9.17) is 20.9 Å². The molecule has 1 atom stereocenters. The fraction of sp³-hybridized carbons (Fsp3) is 0.357. The Bertz CT molecular complexity index is 1550. The van der Waals surface area contributed by atoms with E-state index in [0.717, 1.165) is 28.6 Å². The van der Waals surface area contributed by atoms with Gasteiger partial charge in [0.05, 0.1) is 10.9 Å². The minimum absolute atomic E-state index is 0.0413. The Morgan fingerprint density at radius 3 is 2.58 bits per heavy atom. The van der Waals surface area contributed by atoms with Gasteiger partial charge >= 0.3 is 5.97 Å². The van der Waals surface area contributed by atoms with Gasteiger partial charge in [-0.1, -0.05) is 45.0 Å². The maximum Gasteiger partial charge on any atom is 0.303 e. The van der Waals surface area contributed by atoms with Crippen LogP contribution in [0.5, 0.6) is 0 Å². The fourth-order valence-corrected chi connectivity index (χ4v) is 4.82. The molecule has 4 aromatic rings. The monoisotopic (exact) mass is 513 g/mol. The van der Waals surface area contributed by atoms with Gasteiger partial charge in [0.25, 0.3) is 0 Å². The molecule has 1 unspecified atom stereocenters. The van der Waals surface area contributed by atoms with Crippen molar-refractivity contribution in [2.45, 2.75) is 58.9 Å². The third-order valence-corrected chi connectivity index (χ3v) is 7.07. The first-order valence-electron chi connectivity index (χ1n) is 12.6. The second kappa shape index (κ2) is 9.20. The lowest BCUT2D eigenvalue weighted by Gasteiger charge is -2.23. The van der Waals surface area contributed by atoms with Crippen molar-refractivity contribution < 1.29 is 14.7 Å². The summed E-state index contributed by atoms with van der Waals surface area (Å²) in [6, 6.07) is 11.1. The predicted octanol–water partition coefficient (Wildman–Crippen LogP) is 4.18. The van der Waals surface area contributed by atoms with Crippen molar-refractivity contribution in [2.24, 2.45) is 5.41 Å². The Balaban J connectivity index is 1.54. The second-order valence-corrected chi connectivity index (χ2v) is 11.1. The minimum Gasteiger partial charge on any atom is -0.481 e. The molecule has 0 saturated heterocycles. The molecule has 1 aliphatic heterocycles. The van der Waals surface area contributed by atoms with Crippen LogP contribution in [0.2, 0.25) is 0 Å². The summed E-state index contributed by atoms with van der Waals surface area (Å²) in [7, 11) is 0. The average molecular weight is 514 g/mol. The first-order chi connectivity index (χ1) is 18.0. The Morgan fingerprint density at radius 2 is 1.89 bits per heavy atom. The molecule has 3 aromatic heterocycles. The highest BCUT2D eigenvalue weighted by molar-refractivity contribution is 6.09. The number of nitrogens with two attached hydrogens (primary N) is 1. The lowest BCUT2D eigenvalue weighted by atomic mass is 9.77. The van der Waals surface area contributed by atoms with E-state index in [2.05, 4.69) is 36.1 Å². The van der Waals surface area contributed by atoms with Crippen LogP contribution in [0.4, 0.5) is 11.6 Å². The van der Waals surface area contributed by atoms with Gasteiger partial charge in [-0.25, -0.2) is 19.6 Å². The molecule has 38 heavy (non-hydrogen) atoms. The number of rotatable bonds is 7. The number of hydrogen-bond donors (Lipinski definition) is 3. The topological polar surface area (TPSA) is 149 Å². The lowest BCUT2D eigenvalue weighted by Crippen LogP contribution is -2.33. The number of aryl methyl sites for hydroxylation is 2. The summed E-state index contributed by atoms with van der Waals surface area (Å²) in [5.74, 6) is -0.236. The first-order valence-corrected chi connectivity index (χ1v) is 12.6. The third kappa shape index (κ3) is 4.46. The van der Waals surface area contributed by atoms with Gasteiger partial charge in [-0.3, -0.25) is 9.59 Å². The van der Waals surface area contributed by atoms with Crippen LogP contribution in [-0.2, 0) is 28.0 Å². The Labute approximate surface area is 220 Å². The van der Waals surface area contributed by atoms with E-state index in [-0.39, 0.29) is 23.6 Å². The number of carboxylic acid groups (broad SMARTS) is 1. The van der Waals surface area contributed by atoms with Crippen LogP contribution in [0.1, 0.15) is 57.2 Å². The van der Waals surface area contributed by atoms with Gasteiger partial charge in [0.1, 0.15) is 22.7 Å². The Morgan fingerprint density at radius 1 is 1.16 bits per heavy atom. The van der Waals surface area contributed by atoms with Gasteiger partial charge in [0.2, 0.25) is 5.91 Å². The number of carboxylic acids is 1. The summed E-state index contributed by atoms with van der Waals surface area (Å²) < 4.78 is 1.87. The van der Waals surface area contributed by atoms with Crippen LogP contribution < -0.4 is 11.1 Å². The normalized spacial score (nSPS) is 17.0. The number of benzene rings is 1. The van der Waals surface area contributed by atoms with Crippen LogP contribution in [0.25, 0.3) is 22.6 Å². The van der Waals surface area contributed by atoms with Crippen molar-refractivity contribution >= 4 is 34.5 Å². The average Bonchev–Trinajstić information content (AvgIpc) is 3.36. The standard InChI is InChI=1S/C28H31N7O3/c1-27(2,3)13-15-35-25-18(6-5-14-30-25)21(34-35)24-31-22(29)20-23(32-24)33-26(38)28(20,4)17-10-7-16(8-11-17)9-12-19(36)37/h5-8,10-11,14H,9,12-13,15H2,1-4H3,(H,36,37)(H3,29,31,32,33,38). The zero-order valence-corrected chi connectivity index (χ0v) is 21.9. The molecule has 10 heteroatoms. The van der Waals surface area contributed by atoms with Gasteiger partial charge in [-0.2, -0.15) is 5.10 Å². The molecule has 5 rings (SSSR count). The zero-order valence-electron chi connectivity index (χ0n) is 21.9. The van der Waals surface area contributed by atoms with E-state index in [9.17, 15) is 9.59 Å². The molecule has 196 valence electrons. The number of amides is 1. The van der Waals surface area contributed by atoms with Crippen molar-refractivity contribution in [2.75, 3.05) is 11.1 Å². The van der Waals surface area contributed by atoms with Gasteiger partial charge in [0, 0.05) is 19.2 Å². The van der Waals surface area contributed by atoms with Crippen molar-refractivity contribution in [3.8, 4) is 11.5 Å². The molecule has 0 bridgehead atoms. The molecule has 4 N–H and O–H groups in total. The van der Waals surface area contributed by atoms with Crippen LogP contribution in [0.3, 0.4) is 0 Å². The maximum atomic E-state index is 13.3. The summed E-state index contributed by atoms with van der Waals surface area (Å²) in [6.45, 7) is 9.02. The van der Waals surface area contributed by atoms with Crippen molar-refractivity contribution in [3.63, 3.8) is 0 Å². The molecular weight excluding hydrogens is 482 g/mol. The van der Waals surface area contributed by atoms with Crippen LogP contribution in [-0.4, -0.2) is 41.7 Å². The summed E-state index contributed by atoms with van der Waals surface area (Å²) in [5.41, 5.74) is 8.94. The Hall–Kier alpha value is -4.34. The SMILES string of the molecule is CC(C)(C)CCn1nc(-c2nc(N)c3c(n2)NC(=O)C3(C)c2ccc(CCC(=O)O)cc2)c2cccnc21. The molecule has 10 nitrogen and oxygen atoms in total. The van der Waals surface area contributed by atoms with E-state index in [1.165, 1.54) is 0 Å². The number of carbonyl (C=O) groups is 2. The van der Waals surface area contributed by atoms with Gasteiger partial charge in [0.15, 0.2) is 11.5 Å². The Kier molecular flexibility index (Phi) is 6.13. The highest BCUT2D eigenvalue weighted by Crippen LogP contribution is 2.45. The highest BCUT2D eigenvalue weighted by atomic mass is 16.4. The summed E-state index contributed by atoms with van der Waals surface area (Å²) in [4.78, 5) is 38.1. The maximum absolute atomic E-state index is 13.3. The fourth-order valence-electron chi connectivity index (χ4n) is 4.82. The van der Waals surface area contributed by atoms with E-state index < -0.39 is 11.4 Å². The van der Waals surface area contributed by atoms with E-state index in [0.29, 0.717) is 35.9 Å². The van der Waals surface area contributed by atoms with Gasteiger partial charge in [-0.15, -0.1) is 0 Å². The number of pyridine rings is 1. The molecule has 0 aliphatic carbocycles. The first kappa shape index (κ1) is 25.3. The van der Waals surface area contributed by atoms with Crippen LogP contribution in [0, 0.1) is 5.41 Å². The van der Waals surface area contributed by atoms with Crippen LogP contribution >= 0.6 is 0 Å². The van der Waals surface area contributed by atoms with E-state index >= 15 is 0 Å². The largest absolute Gasteiger partial charge is 0.481 e. The van der Waals surface area contributed by atoms with Gasteiger partial charge < -0.3 is 16.2 Å². The van der Waals surface area contributed by atoms with Crippen molar-refractivity contribution in [1.82, 2.24) is 24.7 Å². The van der Waals surface area contributed by atoms with Gasteiger partial charge in [-0.05, 0) is 48.4 Å². The number of aliphatic carboxylic acids is 1. The minimum atomic E-state index is -1.10. The molecule has 0 fully saturated rings.